The molecule has 0 spiro atoms. The van der Waals surface area contributed by atoms with Crippen LogP contribution in [0.25, 0.3) is 0 Å². The van der Waals surface area contributed by atoms with E-state index in [-0.39, 0.29) is 17.8 Å². The lowest BCUT2D eigenvalue weighted by Crippen LogP contribution is -2.25. The van der Waals surface area contributed by atoms with Crippen LogP contribution in [0.2, 0.25) is 0 Å². The summed E-state index contributed by atoms with van der Waals surface area (Å²) in [5, 5.41) is 9.49. The normalized spacial score (nSPS) is 22.5. The Morgan fingerprint density at radius 2 is 2.31 bits per heavy atom. The largest absolute Gasteiger partial charge is 0.393 e. The number of aliphatic hydroxyl groups is 1. The van der Waals surface area contributed by atoms with Crippen LogP contribution < -0.4 is 4.90 Å². The molecule has 2 heterocycles. The number of halogens is 1. The Labute approximate surface area is 94.1 Å². The lowest BCUT2D eigenvalue weighted by atomic mass is 10.0. The zero-order valence-corrected chi connectivity index (χ0v) is 9.52. The van der Waals surface area contributed by atoms with Crippen LogP contribution in [0.3, 0.4) is 0 Å². The summed E-state index contributed by atoms with van der Waals surface area (Å²) in [6.45, 7) is 4.80. The van der Waals surface area contributed by atoms with Crippen LogP contribution in [-0.2, 0) is 0 Å². The Hall–Kier alpha value is -1.23. The van der Waals surface area contributed by atoms with Gasteiger partial charge >= 0.3 is 0 Å². The van der Waals surface area contributed by atoms with Crippen molar-refractivity contribution in [2.24, 2.45) is 5.92 Å². The van der Waals surface area contributed by atoms with Crippen molar-refractivity contribution < 1.29 is 9.50 Å². The Morgan fingerprint density at radius 3 is 2.94 bits per heavy atom. The summed E-state index contributed by atoms with van der Waals surface area (Å²) in [6.07, 6.45) is 1.90. The molecule has 1 N–H and O–H groups in total. The van der Waals surface area contributed by atoms with Gasteiger partial charge in [-0.3, -0.25) is 0 Å². The third kappa shape index (κ3) is 2.00. The summed E-state index contributed by atoms with van der Waals surface area (Å²) in [7, 11) is 0. The molecule has 4 nitrogen and oxygen atoms in total. The van der Waals surface area contributed by atoms with E-state index in [2.05, 4.69) is 9.97 Å². The van der Waals surface area contributed by atoms with E-state index in [1.54, 1.807) is 13.8 Å². The molecular weight excluding hydrogens is 209 g/mol. The Bertz CT molecular complexity index is 383. The number of nitrogens with zero attached hydrogens (tertiary/aromatic N) is 3. The number of aryl methyl sites for hydroxylation is 1. The van der Waals surface area contributed by atoms with Gasteiger partial charge in [0, 0.05) is 19.0 Å². The average molecular weight is 225 g/mol. The second-order valence-electron chi connectivity index (χ2n) is 4.33. The van der Waals surface area contributed by atoms with Gasteiger partial charge in [-0.15, -0.1) is 0 Å². The van der Waals surface area contributed by atoms with Gasteiger partial charge in [-0.1, -0.05) is 0 Å². The molecule has 2 atom stereocenters. The standard InChI is InChI=1S/C11H16FN3O/c1-7-10(12)11(14-6-13-7)15-4-3-9(5-15)8(2)16/h6,8-9,16H,3-5H2,1-2H3. The van der Waals surface area contributed by atoms with Gasteiger partial charge in [-0.05, 0) is 20.3 Å². The molecule has 0 aromatic carbocycles. The second kappa shape index (κ2) is 4.33. The number of aliphatic hydroxyl groups excluding tert-OH is 1. The second-order valence-corrected chi connectivity index (χ2v) is 4.33. The first kappa shape index (κ1) is 11.3. The van der Waals surface area contributed by atoms with E-state index < -0.39 is 0 Å². The first-order chi connectivity index (χ1) is 7.59. The van der Waals surface area contributed by atoms with Crippen LogP contribution >= 0.6 is 0 Å². The van der Waals surface area contributed by atoms with Gasteiger partial charge in [0.25, 0.3) is 0 Å². The van der Waals surface area contributed by atoms with Gasteiger partial charge in [0.15, 0.2) is 11.6 Å². The van der Waals surface area contributed by atoms with Crippen molar-refractivity contribution in [3.05, 3.63) is 17.8 Å². The first-order valence-electron chi connectivity index (χ1n) is 5.49. The van der Waals surface area contributed by atoms with E-state index in [1.165, 1.54) is 6.33 Å². The first-order valence-corrected chi connectivity index (χ1v) is 5.49. The summed E-state index contributed by atoms with van der Waals surface area (Å²) in [6, 6.07) is 0. The lowest BCUT2D eigenvalue weighted by Gasteiger charge is -2.19. The van der Waals surface area contributed by atoms with Crippen LogP contribution in [0.1, 0.15) is 19.0 Å². The molecule has 0 aliphatic carbocycles. The van der Waals surface area contributed by atoms with E-state index >= 15 is 0 Å². The van der Waals surface area contributed by atoms with Crippen molar-refractivity contribution in [3.63, 3.8) is 0 Å². The SMILES string of the molecule is Cc1ncnc(N2CCC(C(C)O)C2)c1F. The number of rotatable bonds is 2. The predicted octanol–water partition coefficient (Wildman–Crippen LogP) is 1.13. The molecule has 1 aliphatic heterocycles. The van der Waals surface area contributed by atoms with Gasteiger partial charge in [-0.25, -0.2) is 14.4 Å². The summed E-state index contributed by atoms with van der Waals surface area (Å²) in [4.78, 5) is 9.65. The Morgan fingerprint density at radius 1 is 1.56 bits per heavy atom. The summed E-state index contributed by atoms with van der Waals surface area (Å²) in [5.74, 6) is 0.207. The van der Waals surface area contributed by atoms with Crippen LogP contribution in [-0.4, -0.2) is 34.3 Å². The van der Waals surface area contributed by atoms with E-state index in [4.69, 9.17) is 0 Å². The molecule has 1 aromatic heterocycles. The number of anilines is 1. The number of aromatic nitrogens is 2. The van der Waals surface area contributed by atoms with Crippen LogP contribution in [0.15, 0.2) is 6.33 Å². The molecule has 1 fully saturated rings. The van der Waals surface area contributed by atoms with Crippen molar-refractivity contribution in [2.75, 3.05) is 18.0 Å². The molecule has 2 unspecified atom stereocenters. The molecule has 0 radical (unpaired) electrons. The molecule has 2 rings (SSSR count). The molecule has 88 valence electrons. The van der Waals surface area contributed by atoms with Crippen LogP contribution in [0.4, 0.5) is 10.2 Å². The zero-order valence-electron chi connectivity index (χ0n) is 9.52. The topological polar surface area (TPSA) is 49.2 Å². The minimum absolute atomic E-state index is 0.203. The highest BCUT2D eigenvalue weighted by molar-refractivity contribution is 5.41. The smallest absolute Gasteiger partial charge is 0.186 e. The molecule has 0 bridgehead atoms. The Kier molecular flexibility index (Phi) is 3.05. The zero-order chi connectivity index (χ0) is 11.7. The van der Waals surface area contributed by atoms with Crippen molar-refractivity contribution in [1.29, 1.82) is 0 Å². The van der Waals surface area contributed by atoms with Crippen LogP contribution in [0, 0.1) is 18.7 Å². The van der Waals surface area contributed by atoms with E-state index in [0.717, 1.165) is 13.0 Å². The highest BCUT2D eigenvalue weighted by atomic mass is 19.1. The summed E-state index contributed by atoms with van der Waals surface area (Å²) in [5.41, 5.74) is 0.366. The van der Waals surface area contributed by atoms with Gasteiger partial charge in [0.2, 0.25) is 0 Å². The van der Waals surface area contributed by atoms with Gasteiger partial charge in [0.05, 0.1) is 11.8 Å². The average Bonchev–Trinajstić information content (AvgIpc) is 2.71. The third-order valence-electron chi connectivity index (χ3n) is 3.15. The molecule has 1 saturated heterocycles. The third-order valence-corrected chi connectivity index (χ3v) is 3.15. The number of hydrogen-bond donors (Lipinski definition) is 1. The molecule has 5 heteroatoms. The maximum Gasteiger partial charge on any atom is 0.186 e. The molecule has 16 heavy (non-hydrogen) atoms. The van der Waals surface area contributed by atoms with E-state index in [0.29, 0.717) is 18.1 Å². The predicted molar refractivity (Wildman–Crippen MR) is 58.7 cm³/mol. The van der Waals surface area contributed by atoms with Gasteiger partial charge in [0.1, 0.15) is 6.33 Å². The molecule has 0 saturated carbocycles. The van der Waals surface area contributed by atoms with Crippen LogP contribution in [0.5, 0.6) is 0 Å². The monoisotopic (exact) mass is 225 g/mol. The molecule has 1 aromatic rings. The van der Waals surface area contributed by atoms with Crippen molar-refractivity contribution in [1.82, 2.24) is 9.97 Å². The van der Waals surface area contributed by atoms with Gasteiger partial charge in [-0.2, -0.15) is 0 Å². The maximum absolute atomic E-state index is 13.8. The van der Waals surface area contributed by atoms with E-state index in [9.17, 15) is 9.50 Å². The number of hydrogen-bond acceptors (Lipinski definition) is 4. The minimum atomic E-state index is -0.353. The molecular formula is C11H16FN3O. The fourth-order valence-electron chi connectivity index (χ4n) is 2.04. The fraction of sp³-hybridized carbons (Fsp3) is 0.636. The van der Waals surface area contributed by atoms with E-state index in [1.807, 2.05) is 4.90 Å². The van der Waals surface area contributed by atoms with Gasteiger partial charge < -0.3 is 10.0 Å². The maximum atomic E-state index is 13.8. The fourth-order valence-corrected chi connectivity index (χ4v) is 2.04. The van der Waals surface area contributed by atoms with Crippen molar-refractivity contribution >= 4 is 5.82 Å². The quantitative estimate of drug-likeness (QED) is 0.819. The summed E-state index contributed by atoms with van der Waals surface area (Å²) < 4.78 is 13.8. The lowest BCUT2D eigenvalue weighted by molar-refractivity contribution is 0.136. The molecule has 0 amide bonds. The van der Waals surface area contributed by atoms with Crippen molar-refractivity contribution in [2.45, 2.75) is 26.4 Å². The highest BCUT2D eigenvalue weighted by Crippen LogP contribution is 2.26. The van der Waals surface area contributed by atoms with Crippen molar-refractivity contribution in [3.8, 4) is 0 Å². The molecule has 1 aliphatic rings. The minimum Gasteiger partial charge on any atom is -0.393 e. The highest BCUT2D eigenvalue weighted by Gasteiger charge is 2.28. The summed E-state index contributed by atoms with van der Waals surface area (Å²) >= 11 is 0. The Balaban J connectivity index is 2.17.